The van der Waals surface area contributed by atoms with Crippen molar-refractivity contribution < 1.29 is 13.9 Å². The number of nitrogens with one attached hydrogen (secondary N) is 1. The number of aromatic nitrogens is 2. The van der Waals surface area contributed by atoms with E-state index in [1.807, 2.05) is 55.5 Å². The third-order valence-electron chi connectivity index (χ3n) is 4.18. The van der Waals surface area contributed by atoms with Gasteiger partial charge in [-0.05, 0) is 54.1 Å². The fourth-order valence-electron chi connectivity index (χ4n) is 2.83. The number of thioether (sulfide) groups is 1. The smallest absolute Gasteiger partial charge is 0.277 e. The van der Waals surface area contributed by atoms with Crippen molar-refractivity contribution in [2.45, 2.75) is 12.1 Å². The Morgan fingerprint density at radius 2 is 1.83 bits per heavy atom. The summed E-state index contributed by atoms with van der Waals surface area (Å²) in [5.74, 6) is 1.23. The predicted octanol–water partition coefficient (Wildman–Crippen LogP) is 5.02. The van der Waals surface area contributed by atoms with Gasteiger partial charge in [0.1, 0.15) is 5.75 Å². The summed E-state index contributed by atoms with van der Waals surface area (Å²) in [4.78, 5) is 12.2. The number of carbonyl (C=O) groups excluding carboxylic acids is 1. The number of hydrogen-bond donors (Lipinski definition) is 1. The molecule has 1 N–H and O–H groups in total. The van der Waals surface area contributed by atoms with E-state index in [1.165, 1.54) is 11.8 Å². The number of rotatable bonds is 7. The lowest BCUT2D eigenvalue weighted by Gasteiger charge is -2.06. The van der Waals surface area contributed by atoms with Crippen LogP contribution in [0.4, 0.5) is 5.69 Å². The summed E-state index contributed by atoms with van der Waals surface area (Å²) in [5.41, 5.74) is 1.56. The van der Waals surface area contributed by atoms with Crippen LogP contribution in [0.2, 0.25) is 0 Å². The lowest BCUT2D eigenvalue weighted by Crippen LogP contribution is -2.13. The van der Waals surface area contributed by atoms with Gasteiger partial charge in [0.25, 0.3) is 5.22 Å². The molecule has 0 aliphatic heterocycles. The molecule has 29 heavy (non-hydrogen) atoms. The normalized spacial score (nSPS) is 10.8. The molecule has 0 aliphatic carbocycles. The van der Waals surface area contributed by atoms with Crippen molar-refractivity contribution in [1.82, 2.24) is 10.2 Å². The summed E-state index contributed by atoms with van der Waals surface area (Å²) < 4.78 is 11.1. The van der Waals surface area contributed by atoms with Crippen LogP contribution in [0.1, 0.15) is 6.92 Å². The van der Waals surface area contributed by atoms with Crippen molar-refractivity contribution >= 4 is 34.1 Å². The van der Waals surface area contributed by atoms with Crippen LogP contribution in [0, 0.1) is 0 Å². The van der Waals surface area contributed by atoms with Crippen molar-refractivity contribution in [2.24, 2.45) is 0 Å². The number of nitrogens with zero attached hydrogens (tertiary/aromatic N) is 2. The molecule has 0 spiro atoms. The number of ether oxygens (including phenoxy) is 1. The molecule has 146 valence electrons. The first-order chi connectivity index (χ1) is 14.2. The second-order valence-electron chi connectivity index (χ2n) is 6.23. The van der Waals surface area contributed by atoms with Crippen molar-refractivity contribution in [3.8, 4) is 17.2 Å². The van der Waals surface area contributed by atoms with Crippen molar-refractivity contribution in [3.63, 3.8) is 0 Å². The quantitative estimate of drug-likeness (QED) is 0.435. The molecule has 0 bridgehead atoms. The molecule has 0 saturated carbocycles. The molecule has 0 saturated heterocycles. The fourth-order valence-corrected chi connectivity index (χ4v) is 3.40. The van der Waals surface area contributed by atoms with Gasteiger partial charge in [-0.25, -0.2) is 0 Å². The zero-order chi connectivity index (χ0) is 20.1. The summed E-state index contributed by atoms with van der Waals surface area (Å²) in [6.45, 7) is 2.53. The predicted molar refractivity (Wildman–Crippen MR) is 114 cm³/mol. The molecule has 1 amide bonds. The lowest BCUT2D eigenvalue weighted by molar-refractivity contribution is -0.113. The largest absolute Gasteiger partial charge is 0.494 e. The maximum absolute atomic E-state index is 12.2. The molecule has 1 heterocycles. The maximum Gasteiger partial charge on any atom is 0.277 e. The van der Waals surface area contributed by atoms with Crippen LogP contribution in [0.25, 0.3) is 22.2 Å². The van der Waals surface area contributed by atoms with Gasteiger partial charge < -0.3 is 14.5 Å². The topological polar surface area (TPSA) is 77.2 Å². The minimum atomic E-state index is -0.149. The van der Waals surface area contributed by atoms with E-state index in [2.05, 4.69) is 21.6 Å². The molecule has 4 rings (SSSR count). The molecule has 7 heteroatoms. The van der Waals surface area contributed by atoms with Crippen LogP contribution < -0.4 is 10.1 Å². The Bertz CT molecular complexity index is 1130. The molecule has 0 atom stereocenters. The first-order valence-corrected chi connectivity index (χ1v) is 10.2. The van der Waals surface area contributed by atoms with Crippen LogP contribution in [-0.2, 0) is 4.79 Å². The molecule has 0 unspecified atom stereocenters. The van der Waals surface area contributed by atoms with Crippen molar-refractivity contribution in [3.05, 3.63) is 66.7 Å². The minimum Gasteiger partial charge on any atom is -0.494 e. The third kappa shape index (κ3) is 4.75. The zero-order valence-corrected chi connectivity index (χ0v) is 16.6. The van der Waals surface area contributed by atoms with Crippen molar-refractivity contribution in [2.75, 3.05) is 17.7 Å². The van der Waals surface area contributed by atoms with E-state index in [9.17, 15) is 4.79 Å². The van der Waals surface area contributed by atoms with E-state index in [4.69, 9.17) is 9.15 Å². The number of amides is 1. The van der Waals surface area contributed by atoms with Crippen LogP contribution >= 0.6 is 11.8 Å². The highest BCUT2D eigenvalue weighted by molar-refractivity contribution is 7.99. The van der Waals surface area contributed by atoms with E-state index in [0.29, 0.717) is 23.4 Å². The van der Waals surface area contributed by atoms with E-state index in [1.54, 1.807) is 12.1 Å². The van der Waals surface area contributed by atoms with Gasteiger partial charge in [0.15, 0.2) is 0 Å². The fraction of sp³-hybridized carbons (Fsp3) is 0.136. The Morgan fingerprint density at radius 1 is 1.03 bits per heavy atom. The van der Waals surface area contributed by atoms with Crippen LogP contribution in [0.3, 0.4) is 0 Å². The van der Waals surface area contributed by atoms with E-state index in [-0.39, 0.29) is 11.7 Å². The van der Waals surface area contributed by atoms with Gasteiger partial charge in [-0.2, -0.15) is 0 Å². The van der Waals surface area contributed by atoms with Gasteiger partial charge in [0.2, 0.25) is 11.8 Å². The molecular formula is C22H19N3O3S. The molecular weight excluding hydrogens is 386 g/mol. The molecule has 0 aliphatic rings. The number of fused-ring (bicyclic) bond motifs is 1. The van der Waals surface area contributed by atoms with Crippen LogP contribution in [0.15, 0.2) is 76.4 Å². The summed E-state index contributed by atoms with van der Waals surface area (Å²) in [7, 11) is 0. The van der Waals surface area contributed by atoms with Gasteiger partial charge in [-0.15, -0.1) is 10.2 Å². The SMILES string of the molecule is CCOc1ccc(NC(=O)CSc2nnc(-c3ccc4ccccc4c3)o2)cc1. The number of hydrogen-bond acceptors (Lipinski definition) is 6. The Morgan fingerprint density at radius 3 is 2.62 bits per heavy atom. The molecule has 0 fully saturated rings. The van der Waals surface area contributed by atoms with E-state index >= 15 is 0 Å². The second kappa shape index (κ2) is 8.79. The summed E-state index contributed by atoms with van der Waals surface area (Å²) >= 11 is 1.20. The average Bonchev–Trinajstić information content (AvgIpc) is 3.23. The van der Waals surface area contributed by atoms with Gasteiger partial charge >= 0.3 is 0 Å². The summed E-state index contributed by atoms with van der Waals surface area (Å²) in [6, 6.07) is 21.3. The Hall–Kier alpha value is -3.32. The van der Waals surface area contributed by atoms with Crippen LogP contribution in [0.5, 0.6) is 5.75 Å². The first-order valence-electron chi connectivity index (χ1n) is 9.19. The third-order valence-corrected chi connectivity index (χ3v) is 5.00. The number of carbonyl (C=O) groups is 1. The lowest BCUT2D eigenvalue weighted by atomic mass is 10.1. The van der Waals surface area contributed by atoms with Gasteiger partial charge in [0.05, 0.1) is 12.4 Å². The monoisotopic (exact) mass is 405 g/mol. The van der Waals surface area contributed by atoms with Crippen molar-refractivity contribution in [1.29, 1.82) is 0 Å². The molecule has 4 aromatic rings. The Kier molecular flexibility index (Phi) is 5.76. The number of anilines is 1. The van der Waals surface area contributed by atoms with Gasteiger partial charge in [-0.3, -0.25) is 4.79 Å². The first kappa shape index (κ1) is 19.0. The molecule has 6 nitrogen and oxygen atoms in total. The van der Waals surface area contributed by atoms with Gasteiger partial charge in [0, 0.05) is 11.3 Å². The summed E-state index contributed by atoms with van der Waals surface area (Å²) in [6.07, 6.45) is 0. The van der Waals surface area contributed by atoms with E-state index < -0.39 is 0 Å². The summed E-state index contributed by atoms with van der Waals surface area (Å²) in [5, 5.41) is 13.6. The average molecular weight is 405 g/mol. The van der Waals surface area contributed by atoms with Gasteiger partial charge in [-0.1, -0.05) is 42.1 Å². The Balaban J connectivity index is 1.35. The standard InChI is InChI=1S/C22H19N3O3S/c1-2-27-19-11-9-18(10-12-19)23-20(26)14-29-22-25-24-21(28-22)17-8-7-15-5-3-4-6-16(15)13-17/h3-13H,2,14H2,1H3,(H,23,26). The maximum atomic E-state index is 12.2. The molecule has 0 radical (unpaired) electrons. The minimum absolute atomic E-state index is 0.149. The number of benzene rings is 3. The molecule has 3 aromatic carbocycles. The van der Waals surface area contributed by atoms with E-state index in [0.717, 1.165) is 22.1 Å². The molecule has 1 aromatic heterocycles. The highest BCUT2D eigenvalue weighted by atomic mass is 32.2. The zero-order valence-electron chi connectivity index (χ0n) is 15.8. The Labute approximate surface area is 172 Å². The highest BCUT2D eigenvalue weighted by Gasteiger charge is 2.12. The second-order valence-corrected chi connectivity index (χ2v) is 7.16. The highest BCUT2D eigenvalue weighted by Crippen LogP contribution is 2.26. The van der Waals surface area contributed by atoms with Crippen LogP contribution in [-0.4, -0.2) is 28.5 Å².